The van der Waals surface area contributed by atoms with Gasteiger partial charge in [0.15, 0.2) is 0 Å². The fraction of sp³-hybridized carbons (Fsp3) is 0.727. The quantitative estimate of drug-likeness (QED) is 0.799. The number of hydrogen-bond donors (Lipinski definition) is 2. The van der Waals surface area contributed by atoms with Crippen molar-refractivity contribution < 1.29 is 9.90 Å². The molecule has 3 N–H and O–H groups in total. The molecule has 1 aromatic heterocycles. The number of rotatable bonds is 6. The molecule has 4 heteroatoms. The molecule has 26 heavy (non-hydrogen) atoms. The molecule has 1 heterocycles. The van der Waals surface area contributed by atoms with Crippen LogP contribution in [0.1, 0.15) is 106 Å². The Kier molecular flexibility index (Phi) is 5.05. The van der Waals surface area contributed by atoms with E-state index < -0.39 is 11.5 Å². The van der Waals surface area contributed by atoms with E-state index >= 15 is 0 Å². The Bertz CT molecular complexity index is 656. The van der Waals surface area contributed by atoms with Gasteiger partial charge in [0.25, 0.3) is 0 Å². The Morgan fingerprint density at radius 3 is 2.38 bits per heavy atom. The molecule has 4 rings (SSSR count). The van der Waals surface area contributed by atoms with Crippen molar-refractivity contribution in [1.82, 2.24) is 4.98 Å². The lowest BCUT2D eigenvalue weighted by Gasteiger charge is -2.25. The number of aromatic nitrogens is 1. The summed E-state index contributed by atoms with van der Waals surface area (Å²) in [5.41, 5.74) is 8.07. The van der Waals surface area contributed by atoms with Crippen LogP contribution in [0.25, 0.3) is 0 Å². The first-order valence-electron chi connectivity index (χ1n) is 10.6. The van der Waals surface area contributed by atoms with Crippen LogP contribution in [0.15, 0.2) is 12.1 Å². The van der Waals surface area contributed by atoms with E-state index in [4.69, 9.17) is 10.7 Å². The molecule has 1 aromatic rings. The van der Waals surface area contributed by atoms with E-state index in [1.807, 2.05) is 6.07 Å². The largest absolute Gasteiger partial charge is 0.387 e. The van der Waals surface area contributed by atoms with Gasteiger partial charge in [-0.1, -0.05) is 44.9 Å². The number of nitrogens with zero attached hydrogens (tertiary/aromatic N) is 1. The number of hydrogen-bond acceptors (Lipinski definition) is 3. The van der Waals surface area contributed by atoms with Gasteiger partial charge in [0.05, 0.1) is 17.2 Å². The standard InChI is InChI=1S/C22H32N2O2/c23-21(26)22(10-11-22)17-13-18(16-8-2-1-3-9-16)24-19(14-17)20(25)12-15-6-4-5-7-15/h13-16,20,25H,1-12H2,(H2,23,26). The van der Waals surface area contributed by atoms with Crippen molar-refractivity contribution >= 4 is 5.91 Å². The van der Waals surface area contributed by atoms with Gasteiger partial charge in [-0.3, -0.25) is 9.78 Å². The van der Waals surface area contributed by atoms with Crippen LogP contribution < -0.4 is 5.73 Å². The van der Waals surface area contributed by atoms with Gasteiger partial charge >= 0.3 is 0 Å². The van der Waals surface area contributed by atoms with Crippen molar-refractivity contribution in [3.63, 3.8) is 0 Å². The second-order valence-corrected chi connectivity index (χ2v) is 8.89. The monoisotopic (exact) mass is 356 g/mol. The van der Waals surface area contributed by atoms with Crippen LogP contribution in [0.3, 0.4) is 0 Å². The van der Waals surface area contributed by atoms with Crippen LogP contribution in [-0.2, 0) is 10.2 Å². The summed E-state index contributed by atoms with van der Waals surface area (Å²) in [5.74, 6) is 0.846. The number of nitrogens with two attached hydrogens (primary N) is 1. The molecule has 4 nitrogen and oxygen atoms in total. The fourth-order valence-electron chi connectivity index (χ4n) is 5.11. The Balaban J connectivity index is 1.64. The molecule has 3 aliphatic carbocycles. The summed E-state index contributed by atoms with van der Waals surface area (Å²) in [6.07, 6.45) is 13.1. The number of aliphatic hydroxyl groups is 1. The zero-order valence-corrected chi connectivity index (χ0v) is 15.8. The lowest BCUT2D eigenvalue weighted by atomic mass is 9.84. The van der Waals surface area contributed by atoms with Crippen LogP contribution in [0.5, 0.6) is 0 Å². The lowest BCUT2D eigenvalue weighted by molar-refractivity contribution is -0.120. The van der Waals surface area contributed by atoms with Crippen molar-refractivity contribution in [3.8, 4) is 0 Å². The van der Waals surface area contributed by atoms with E-state index in [0.717, 1.165) is 49.1 Å². The van der Waals surface area contributed by atoms with E-state index in [2.05, 4.69) is 6.07 Å². The van der Waals surface area contributed by atoms with Gasteiger partial charge in [-0.15, -0.1) is 0 Å². The van der Waals surface area contributed by atoms with Gasteiger partial charge in [0.1, 0.15) is 0 Å². The minimum atomic E-state index is -0.524. The number of amides is 1. The molecule has 1 unspecified atom stereocenters. The van der Waals surface area contributed by atoms with Crippen molar-refractivity contribution in [2.45, 2.75) is 94.5 Å². The highest BCUT2D eigenvalue weighted by molar-refractivity contribution is 5.89. The zero-order valence-electron chi connectivity index (χ0n) is 15.8. The smallest absolute Gasteiger partial charge is 0.228 e. The summed E-state index contributed by atoms with van der Waals surface area (Å²) in [7, 11) is 0. The predicted molar refractivity (Wildman–Crippen MR) is 102 cm³/mol. The summed E-state index contributed by atoms with van der Waals surface area (Å²) in [5, 5.41) is 10.9. The number of carbonyl (C=O) groups excluding carboxylic acids is 1. The van der Waals surface area contributed by atoms with Gasteiger partial charge in [-0.25, -0.2) is 0 Å². The molecule has 0 bridgehead atoms. The first-order valence-corrected chi connectivity index (χ1v) is 10.6. The summed E-state index contributed by atoms with van der Waals surface area (Å²) in [6, 6.07) is 4.10. The maximum Gasteiger partial charge on any atom is 0.228 e. The van der Waals surface area contributed by atoms with Crippen LogP contribution in [0, 0.1) is 5.92 Å². The van der Waals surface area contributed by atoms with Gasteiger partial charge in [-0.05, 0) is 55.7 Å². The second-order valence-electron chi connectivity index (χ2n) is 8.89. The van der Waals surface area contributed by atoms with Crippen molar-refractivity contribution in [2.24, 2.45) is 11.7 Å². The number of aliphatic hydroxyl groups excluding tert-OH is 1. The Morgan fingerprint density at radius 1 is 1.12 bits per heavy atom. The van der Waals surface area contributed by atoms with E-state index in [1.54, 1.807) is 0 Å². The van der Waals surface area contributed by atoms with E-state index in [9.17, 15) is 9.90 Å². The SMILES string of the molecule is NC(=O)C1(c2cc(C(O)CC3CCCC3)nc(C3CCCCC3)c2)CC1. The highest BCUT2D eigenvalue weighted by Gasteiger charge is 2.50. The van der Waals surface area contributed by atoms with Gasteiger partial charge in [0, 0.05) is 11.6 Å². The average molecular weight is 357 g/mol. The van der Waals surface area contributed by atoms with Crippen LogP contribution in [0.2, 0.25) is 0 Å². The minimum absolute atomic E-state index is 0.227. The summed E-state index contributed by atoms with van der Waals surface area (Å²) in [4.78, 5) is 17.0. The second kappa shape index (κ2) is 7.30. The highest BCUT2D eigenvalue weighted by atomic mass is 16.3. The molecular formula is C22H32N2O2. The molecule has 3 saturated carbocycles. The first kappa shape index (κ1) is 18.0. The lowest BCUT2D eigenvalue weighted by Crippen LogP contribution is -2.29. The van der Waals surface area contributed by atoms with Crippen molar-refractivity contribution in [2.75, 3.05) is 0 Å². The van der Waals surface area contributed by atoms with Crippen LogP contribution in [0.4, 0.5) is 0 Å². The molecule has 142 valence electrons. The summed E-state index contributed by atoms with van der Waals surface area (Å²) >= 11 is 0. The van der Waals surface area contributed by atoms with Gasteiger partial charge in [-0.2, -0.15) is 0 Å². The molecule has 0 spiro atoms. The third kappa shape index (κ3) is 3.53. The predicted octanol–water partition coefficient (Wildman–Crippen LogP) is 4.26. The van der Waals surface area contributed by atoms with Crippen LogP contribution >= 0.6 is 0 Å². The maximum atomic E-state index is 12.1. The number of carbonyl (C=O) groups is 1. The van der Waals surface area contributed by atoms with Crippen LogP contribution in [-0.4, -0.2) is 16.0 Å². The molecule has 1 atom stereocenters. The number of primary amides is 1. The van der Waals surface area contributed by atoms with E-state index in [1.165, 1.54) is 44.9 Å². The Hall–Kier alpha value is -1.42. The van der Waals surface area contributed by atoms with Crippen molar-refractivity contribution in [3.05, 3.63) is 29.1 Å². The molecule has 0 aliphatic heterocycles. The highest BCUT2D eigenvalue weighted by Crippen LogP contribution is 2.49. The Labute approximate surface area is 156 Å². The normalized spacial score (nSPS) is 24.5. The molecule has 0 saturated heterocycles. The van der Waals surface area contributed by atoms with Gasteiger partial charge in [0.2, 0.25) is 5.91 Å². The first-order chi connectivity index (χ1) is 12.6. The maximum absolute atomic E-state index is 12.1. The molecule has 1 amide bonds. The molecular weight excluding hydrogens is 324 g/mol. The molecule has 0 aromatic carbocycles. The average Bonchev–Trinajstić information content (AvgIpc) is 3.34. The minimum Gasteiger partial charge on any atom is -0.387 e. The molecule has 3 fully saturated rings. The van der Waals surface area contributed by atoms with E-state index in [0.29, 0.717) is 11.8 Å². The number of pyridine rings is 1. The third-order valence-corrected chi connectivity index (χ3v) is 7.04. The third-order valence-electron chi connectivity index (χ3n) is 7.04. The zero-order chi connectivity index (χ0) is 18.1. The van der Waals surface area contributed by atoms with E-state index in [-0.39, 0.29) is 5.91 Å². The topological polar surface area (TPSA) is 76.2 Å². The van der Waals surface area contributed by atoms with Gasteiger partial charge < -0.3 is 10.8 Å². The molecule has 0 radical (unpaired) electrons. The summed E-state index contributed by atoms with van der Waals surface area (Å²) < 4.78 is 0. The summed E-state index contributed by atoms with van der Waals surface area (Å²) in [6.45, 7) is 0. The molecule has 3 aliphatic rings. The van der Waals surface area contributed by atoms with Crippen molar-refractivity contribution in [1.29, 1.82) is 0 Å². The fourth-order valence-corrected chi connectivity index (χ4v) is 5.11. The Morgan fingerprint density at radius 2 is 1.77 bits per heavy atom.